The summed E-state index contributed by atoms with van der Waals surface area (Å²) < 4.78 is 28.5. The Bertz CT molecular complexity index is 492. The highest BCUT2D eigenvalue weighted by molar-refractivity contribution is 7.55. The standard InChI is InChI=1S/C14H19O5P/c1-3-17-20(16,18-4-2)13-10-12(19-14(13)15)11-8-6-5-7-9-11/h5-9,12-13H,3-4,10H2,1-2H3. The number of ether oxygens (including phenoxy) is 1. The zero-order chi connectivity index (χ0) is 14.6. The first kappa shape index (κ1) is 15.2. The predicted octanol–water partition coefficient (Wildman–Crippen LogP) is 3.31. The first-order valence-electron chi connectivity index (χ1n) is 6.75. The number of carbonyl (C=O) groups excluding carboxylic acids is 1. The molecule has 1 aromatic carbocycles. The first-order valence-corrected chi connectivity index (χ1v) is 8.36. The number of carbonyl (C=O) groups is 1. The Labute approximate surface area is 118 Å². The summed E-state index contributed by atoms with van der Waals surface area (Å²) in [6.07, 6.45) is -0.0666. The second-order valence-corrected chi connectivity index (χ2v) is 6.68. The molecule has 1 fully saturated rings. The fraction of sp³-hybridized carbons (Fsp3) is 0.500. The zero-order valence-corrected chi connectivity index (χ0v) is 12.5. The van der Waals surface area contributed by atoms with Crippen molar-refractivity contribution in [2.45, 2.75) is 32.0 Å². The monoisotopic (exact) mass is 298 g/mol. The third kappa shape index (κ3) is 3.11. The van der Waals surface area contributed by atoms with E-state index in [4.69, 9.17) is 13.8 Å². The lowest BCUT2D eigenvalue weighted by Crippen LogP contribution is -2.18. The van der Waals surface area contributed by atoms with Gasteiger partial charge in [0.1, 0.15) is 6.10 Å². The highest BCUT2D eigenvalue weighted by Gasteiger charge is 2.49. The van der Waals surface area contributed by atoms with Crippen molar-refractivity contribution in [2.24, 2.45) is 0 Å². The van der Waals surface area contributed by atoms with E-state index in [1.807, 2.05) is 30.3 Å². The molecule has 1 aliphatic rings. The molecule has 5 nitrogen and oxygen atoms in total. The van der Waals surface area contributed by atoms with Gasteiger partial charge in [0.2, 0.25) is 0 Å². The van der Waals surface area contributed by atoms with E-state index < -0.39 is 19.2 Å². The Kier molecular flexibility index (Phi) is 4.97. The maximum atomic E-state index is 12.7. The molecule has 1 aromatic rings. The van der Waals surface area contributed by atoms with Gasteiger partial charge in [-0.05, 0) is 19.4 Å². The highest BCUT2D eigenvalue weighted by Crippen LogP contribution is 2.58. The van der Waals surface area contributed by atoms with Crippen LogP contribution in [0.4, 0.5) is 0 Å². The van der Waals surface area contributed by atoms with Gasteiger partial charge in [-0.2, -0.15) is 0 Å². The van der Waals surface area contributed by atoms with Gasteiger partial charge in [0.15, 0.2) is 5.66 Å². The molecule has 0 amide bonds. The van der Waals surface area contributed by atoms with Crippen molar-refractivity contribution in [1.29, 1.82) is 0 Å². The van der Waals surface area contributed by atoms with Crippen LogP contribution in [0.5, 0.6) is 0 Å². The minimum absolute atomic E-state index is 0.233. The SMILES string of the molecule is CCOP(=O)(OCC)C1CC(c2ccccc2)OC1=O. The summed E-state index contributed by atoms with van der Waals surface area (Å²) in [5, 5.41) is 0. The Hall–Kier alpha value is -1.16. The summed E-state index contributed by atoms with van der Waals surface area (Å²) >= 11 is 0. The minimum atomic E-state index is -3.46. The lowest BCUT2D eigenvalue weighted by atomic mass is 10.1. The lowest BCUT2D eigenvalue weighted by molar-refractivity contribution is -0.141. The molecule has 0 spiro atoms. The lowest BCUT2D eigenvalue weighted by Gasteiger charge is -2.20. The van der Waals surface area contributed by atoms with Crippen molar-refractivity contribution in [2.75, 3.05) is 13.2 Å². The second kappa shape index (κ2) is 6.53. The van der Waals surface area contributed by atoms with Crippen molar-refractivity contribution in [3.05, 3.63) is 35.9 Å². The van der Waals surface area contributed by atoms with E-state index in [1.165, 1.54) is 0 Å². The van der Waals surface area contributed by atoms with Crippen LogP contribution in [-0.2, 0) is 23.1 Å². The molecule has 2 unspecified atom stereocenters. The molecular formula is C14H19O5P. The van der Waals surface area contributed by atoms with Gasteiger partial charge >= 0.3 is 13.6 Å². The average molecular weight is 298 g/mol. The third-order valence-corrected chi connectivity index (χ3v) is 5.56. The number of benzene rings is 1. The molecule has 6 heteroatoms. The molecule has 0 bridgehead atoms. The van der Waals surface area contributed by atoms with Crippen LogP contribution in [0.25, 0.3) is 0 Å². The molecule has 0 radical (unpaired) electrons. The predicted molar refractivity (Wildman–Crippen MR) is 74.5 cm³/mol. The van der Waals surface area contributed by atoms with Gasteiger partial charge in [0, 0.05) is 6.42 Å². The largest absolute Gasteiger partial charge is 0.457 e. The van der Waals surface area contributed by atoms with E-state index in [2.05, 4.69) is 0 Å². The molecular weight excluding hydrogens is 279 g/mol. The van der Waals surface area contributed by atoms with Crippen LogP contribution < -0.4 is 0 Å². The summed E-state index contributed by atoms with van der Waals surface area (Å²) in [6.45, 7) is 3.91. The van der Waals surface area contributed by atoms with Crippen LogP contribution >= 0.6 is 7.60 Å². The number of hydrogen-bond acceptors (Lipinski definition) is 5. The van der Waals surface area contributed by atoms with Crippen LogP contribution in [0.15, 0.2) is 30.3 Å². The summed E-state index contributed by atoms with van der Waals surface area (Å²) in [6, 6.07) is 9.41. The number of cyclic esters (lactones) is 1. The molecule has 2 atom stereocenters. The maximum Gasteiger partial charge on any atom is 0.345 e. The van der Waals surface area contributed by atoms with Gasteiger partial charge < -0.3 is 13.8 Å². The average Bonchev–Trinajstić information content (AvgIpc) is 2.83. The summed E-state index contributed by atoms with van der Waals surface area (Å²) in [7, 11) is -3.46. The Morgan fingerprint density at radius 1 is 1.20 bits per heavy atom. The van der Waals surface area contributed by atoms with Crippen molar-refractivity contribution >= 4 is 13.6 Å². The fourth-order valence-electron chi connectivity index (χ4n) is 2.27. The molecule has 2 rings (SSSR count). The summed E-state index contributed by atoms with van der Waals surface area (Å²) in [4.78, 5) is 12.0. The quantitative estimate of drug-likeness (QED) is 0.595. The van der Waals surface area contributed by atoms with E-state index >= 15 is 0 Å². The van der Waals surface area contributed by atoms with Crippen molar-refractivity contribution in [1.82, 2.24) is 0 Å². The molecule has 0 saturated carbocycles. The van der Waals surface area contributed by atoms with Gasteiger partial charge in [0.05, 0.1) is 13.2 Å². The molecule has 0 N–H and O–H groups in total. The van der Waals surface area contributed by atoms with Gasteiger partial charge in [-0.25, -0.2) is 0 Å². The van der Waals surface area contributed by atoms with E-state index in [1.54, 1.807) is 13.8 Å². The van der Waals surface area contributed by atoms with Crippen molar-refractivity contribution < 1.29 is 23.1 Å². The van der Waals surface area contributed by atoms with Crippen LogP contribution in [0.3, 0.4) is 0 Å². The molecule has 1 aliphatic heterocycles. The molecule has 110 valence electrons. The Balaban J connectivity index is 2.18. The molecule has 1 saturated heterocycles. The van der Waals surface area contributed by atoms with Crippen LogP contribution in [0, 0.1) is 0 Å². The Morgan fingerprint density at radius 3 is 2.35 bits per heavy atom. The number of hydrogen-bond donors (Lipinski definition) is 0. The van der Waals surface area contributed by atoms with E-state index in [0.29, 0.717) is 6.42 Å². The van der Waals surface area contributed by atoms with E-state index in [0.717, 1.165) is 5.56 Å². The van der Waals surface area contributed by atoms with Crippen LogP contribution in [0.2, 0.25) is 0 Å². The van der Waals surface area contributed by atoms with Crippen LogP contribution in [0.1, 0.15) is 31.9 Å². The maximum absolute atomic E-state index is 12.7. The van der Waals surface area contributed by atoms with Gasteiger partial charge in [-0.3, -0.25) is 9.36 Å². The number of rotatable bonds is 6. The van der Waals surface area contributed by atoms with Gasteiger partial charge in [-0.1, -0.05) is 30.3 Å². The summed E-state index contributed by atoms with van der Waals surface area (Å²) in [5.74, 6) is -0.510. The molecule has 20 heavy (non-hydrogen) atoms. The van der Waals surface area contributed by atoms with Crippen molar-refractivity contribution in [3.8, 4) is 0 Å². The summed E-state index contributed by atoms with van der Waals surface area (Å²) in [5.41, 5.74) is 0.0514. The second-order valence-electron chi connectivity index (χ2n) is 4.46. The Morgan fingerprint density at radius 2 is 1.80 bits per heavy atom. The first-order chi connectivity index (χ1) is 9.60. The highest BCUT2D eigenvalue weighted by atomic mass is 31.2. The van der Waals surface area contributed by atoms with Gasteiger partial charge in [-0.15, -0.1) is 0 Å². The molecule has 0 aliphatic carbocycles. The molecule has 0 aromatic heterocycles. The van der Waals surface area contributed by atoms with E-state index in [-0.39, 0.29) is 19.3 Å². The van der Waals surface area contributed by atoms with Crippen molar-refractivity contribution in [3.63, 3.8) is 0 Å². The topological polar surface area (TPSA) is 61.8 Å². The zero-order valence-electron chi connectivity index (χ0n) is 11.7. The smallest absolute Gasteiger partial charge is 0.345 e. The van der Waals surface area contributed by atoms with Gasteiger partial charge in [0.25, 0.3) is 0 Å². The van der Waals surface area contributed by atoms with Crippen LogP contribution in [-0.4, -0.2) is 24.8 Å². The third-order valence-electron chi connectivity index (χ3n) is 3.14. The fourth-order valence-corrected chi connectivity index (χ4v) is 4.20. The van der Waals surface area contributed by atoms with E-state index in [9.17, 15) is 9.36 Å². The normalized spacial score (nSPS) is 22.8. The minimum Gasteiger partial charge on any atom is -0.457 e. The number of esters is 1. The molecule has 1 heterocycles.